The van der Waals surface area contributed by atoms with Crippen molar-refractivity contribution in [1.82, 2.24) is 0 Å². The molecule has 0 saturated carbocycles. The Morgan fingerprint density at radius 1 is 0.703 bits per heavy atom. The van der Waals surface area contributed by atoms with Gasteiger partial charge in [-0.2, -0.15) is 0 Å². The maximum absolute atomic E-state index is 10.9. The van der Waals surface area contributed by atoms with Crippen molar-refractivity contribution in [2.45, 2.75) is 95.7 Å². The summed E-state index contributed by atoms with van der Waals surface area (Å²) in [4.78, 5) is 0. The Morgan fingerprint density at radius 2 is 1.16 bits per heavy atom. The van der Waals surface area contributed by atoms with Crippen molar-refractivity contribution in [2.24, 2.45) is 0 Å². The zero-order chi connectivity index (χ0) is 28.0. The van der Waals surface area contributed by atoms with Crippen LogP contribution in [-0.4, -0.2) is 67.8 Å². The fourth-order valence-electron chi connectivity index (χ4n) is 3.95. The minimum atomic E-state index is -1.87. The van der Waals surface area contributed by atoms with Crippen LogP contribution in [0.3, 0.4) is 0 Å². The van der Waals surface area contributed by atoms with Crippen molar-refractivity contribution in [3.8, 4) is 0 Å². The molecule has 0 saturated heterocycles. The lowest BCUT2D eigenvalue weighted by Crippen LogP contribution is -2.50. The van der Waals surface area contributed by atoms with Crippen molar-refractivity contribution >= 4 is 0 Å². The normalized spacial score (nSPS) is 16.3. The van der Waals surface area contributed by atoms with Crippen molar-refractivity contribution in [1.29, 1.82) is 0 Å². The molecule has 0 radical (unpaired) electrons. The van der Waals surface area contributed by atoms with Crippen LogP contribution in [0.2, 0.25) is 0 Å². The van der Waals surface area contributed by atoms with Crippen LogP contribution in [0, 0.1) is 0 Å². The SMILES string of the molecule is CC(C)(C)c1ccc(CC=C=C(Cc2ccc(C(C)(C)C)cc2)C(O)[C@@H](O)[C@@H](O)[C@H](O)[C@@H](O)CO)cc1. The summed E-state index contributed by atoms with van der Waals surface area (Å²) < 4.78 is 0. The summed E-state index contributed by atoms with van der Waals surface area (Å²) in [5.41, 5.74) is 7.80. The molecule has 5 atom stereocenters. The fraction of sp³-hybridized carbons (Fsp3) is 0.516. The van der Waals surface area contributed by atoms with Crippen LogP contribution in [0.25, 0.3) is 0 Å². The van der Waals surface area contributed by atoms with Gasteiger partial charge < -0.3 is 30.6 Å². The molecule has 204 valence electrons. The number of hydrogen-bond acceptors (Lipinski definition) is 6. The highest BCUT2D eigenvalue weighted by molar-refractivity contribution is 5.32. The lowest BCUT2D eigenvalue weighted by atomic mass is 9.86. The van der Waals surface area contributed by atoms with Crippen LogP contribution in [-0.2, 0) is 23.7 Å². The minimum Gasteiger partial charge on any atom is -0.394 e. The van der Waals surface area contributed by atoms with Crippen molar-refractivity contribution in [3.63, 3.8) is 0 Å². The second-order valence-corrected chi connectivity index (χ2v) is 11.8. The van der Waals surface area contributed by atoms with Crippen LogP contribution >= 0.6 is 0 Å². The molecule has 0 aliphatic heterocycles. The van der Waals surface area contributed by atoms with E-state index in [9.17, 15) is 25.5 Å². The Hall–Kier alpha value is -2.28. The third kappa shape index (κ3) is 8.91. The smallest absolute Gasteiger partial charge is 0.113 e. The number of rotatable bonds is 10. The molecular weight excluding hydrogens is 468 g/mol. The Labute approximate surface area is 221 Å². The quantitative estimate of drug-likeness (QED) is 0.272. The lowest BCUT2D eigenvalue weighted by Gasteiger charge is -2.29. The van der Waals surface area contributed by atoms with Crippen LogP contribution < -0.4 is 0 Å². The van der Waals surface area contributed by atoms with E-state index in [1.165, 1.54) is 5.56 Å². The summed E-state index contributed by atoms with van der Waals surface area (Å²) in [6.45, 7) is 12.0. The van der Waals surface area contributed by atoms with Gasteiger partial charge in [-0.05, 0) is 45.6 Å². The first-order chi connectivity index (χ1) is 17.1. The van der Waals surface area contributed by atoms with E-state index in [1.807, 2.05) is 36.4 Å². The Kier molecular flexibility index (Phi) is 10.9. The molecule has 0 heterocycles. The molecular formula is C31H44O6. The Morgan fingerprint density at radius 3 is 1.59 bits per heavy atom. The van der Waals surface area contributed by atoms with Crippen LogP contribution in [0.15, 0.2) is 65.9 Å². The van der Waals surface area contributed by atoms with E-state index in [0.717, 1.165) is 16.7 Å². The van der Waals surface area contributed by atoms with Gasteiger partial charge in [0.25, 0.3) is 0 Å². The van der Waals surface area contributed by atoms with Crippen molar-refractivity contribution in [3.05, 3.63) is 88.2 Å². The standard InChI is InChI=1S/C31H44O6/c1-30(2,3)23-14-10-20(11-15-23)8-7-9-22(18-21-12-16-24(17-13-21)31(4,5)6)26(34)28(36)29(37)27(35)25(33)19-32/h7,10-17,25-29,32-37H,8,18-19H2,1-6H3/t9?,25-,26?,27+,28+,29-/m0/s1. The molecule has 2 aromatic rings. The van der Waals surface area contributed by atoms with E-state index in [1.54, 1.807) is 6.08 Å². The van der Waals surface area contributed by atoms with E-state index >= 15 is 0 Å². The van der Waals surface area contributed by atoms with E-state index < -0.39 is 37.1 Å². The highest BCUT2D eigenvalue weighted by Crippen LogP contribution is 2.25. The van der Waals surface area contributed by atoms with Crippen LogP contribution in [0.5, 0.6) is 0 Å². The average molecular weight is 513 g/mol. The summed E-state index contributed by atoms with van der Waals surface area (Å²) in [6.07, 6.45) is -6.13. The third-order valence-electron chi connectivity index (χ3n) is 6.62. The topological polar surface area (TPSA) is 121 Å². The van der Waals surface area contributed by atoms with E-state index in [0.29, 0.717) is 12.0 Å². The summed E-state index contributed by atoms with van der Waals surface area (Å²) in [5, 5.41) is 60.6. The molecule has 0 spiro atoms. The van der Waals surface area contributed by atoms with Gasteiger partial charge in [0.05, 0.1) is 6.61 Å². The second-order valence-electron chi connectivity index (χ2n) is 11.8. The predicted octanol–water partition coefficient (Wildman–Crippen LogP) is 2.95. The zero-order valence-corrected chi connectivity index (χ0v) is 22.9. The molecule has 6 N–H and O–H groups in total. The number of hydrogen-bond donors (Lipinski definition) is 6. The first kappa shape index (κ1) is 30.9. The average Bonchev–Trinajstić information content (AvgIpc) is 2.85. The predicted molar refractivity (Wildman–Crippen MR) is 146 cm³/mol. The summed E-state index contributed by atoms with van der Waals surface area (Å²) in [5.74, 6) is 0. The molecule has 6 heteroatoms. The molecule has 2 rings (SSSR count). The molecule has 1 unspecified atom stereocenters. The molecule has 0 amide bonds. The molecule has 0 aliphatic carbocycles. The first-order valence-corrected chi connectivity index (χ1v) is 12.8. The highest BCUT2D eigenvalue weighted by atomic mass is 16.4. The molecule has 6 nitrogen and oxygen atoms in total. The fourth-order valence-corrected chi connectivity index (χ4v) is 3.95. The summed E-state index contributed by atoms with van der Waals surface area (Å²) >= 11 is 0. The van der Waals surface area contributed by atoms with Gasteiger partial charge in [0.1, 0.15) is 30.5 Å². The minimum absolute atomic E-state index is 0.0108. The zero-order valence-electron chi connectivity index (χ0n) is 22.9. The number of aliphatic hydroxyl groups excluding tert-OH is 6. The summed E-state index contributed by atoms with van der Waals surface area (Å²) in [6, 6.07) is 16.2. The first-order valence-electron chi connectivity index (χ1n) is 12.8. The number of benzene rings is 2. The summed E-state index contributed by atoms with van der Waals surface area (Å²) in [7, 11) is 0. The van der Waals surface area contributed by atoms with Gasteiger partial charge in [0.15, 0.2) is 0 Å². The van der Waals surface area contributed by atoms with Gasteiger partial charge >= 0.3 is 0 Å². The molecule has 37 heavy (non-hydrogen) atoms. The van der Waals surface area contributed by atoms with Gasteiger partial charge in [0.2, 0.25) is 0 Å². The van der Waals surface area contributed by atoms with Crippen LogP contribution in [0.4, 0.5) is 0 Å². The highest BCUT2D eigenvalue weighted by Gasteiger charge is 2.35. The Bertz CT molecular complexity index is 1040. The second kappa shape index (κ2) is 13.0. The maximum atomic E-state index is 10.9. The molecule has 0 bridgehead atoms. The number of aliphatic hydroxyl groups is 6. The largest absolute Gasteiger partial charge is 0.394 e. The molecule has 0 aromatic heterocycles. The van der Waals surface area contributed by atoms with Crippen molar-refractivity contribution in [2.75, 3.05) is 6.61 Å². The van der Waals surface area contributed by atoms with Gasteiger partial charge in [-0.25, -0.2) is 0 Å². The van der Waals surface area contributed by atoms with Gasteiger partial charge in [-0.15, -0.1) is 5.73 Å². The molecule has 0 aliphatic rings. The van der Waals surface area contributed by atoms with E-state index in [-0.39, 0.29) is 17.3 Å². The van der Waals surface area contributed by atoms with Crippen LogP contribution in [0.1, 0.15) is 63.8 Å². The van der Waals surface area contributed by atoms with E-state index in [2.05, 4.69) is 59.4 Å². The third-order valence-corrected chi connectivity index (χ3v) is 6.62. The van der Waals surface area contributed by atoms with E-state index in [4.69, 9.17) is 5.11 Å². The molecule has 0 fully saturated rings. The monoisotopic (exact) mass is 512 g/mol. The lowest BCUT2D eigenvalue weighted by molar-refractivity contribution is -0.134. The van der Waals surface area contributed by atoms with Gasteiger partial charge in [-0.1, -0.05) is 90.1 Å². The molecule has 2 aromatic carbocycles. The van der Waals surface area contributed by atoms with Gasteiger partial charge in [0, 0.05) is 12.0 Å². The van der Waals surface area contributed by atoms with Crippen molar-refractivity contribution < 1.29 is 30.6 Å². The Balaban J connectivity index is 2.33. The maximum Gasteiger partial charge on any atom is 0.113 e. The van der Waals surface area contributed by atoms with Gasteiger partial charge in [-0.3, -0.25) is 0 Å².